The van der Waals surface area contributed by atoms with Crippen LogP contribution in [0.1, 0.15) is 16.9 Å². The Kier molecular flexibility index (Phi) is 3.69. The maximum Gasteiger partial charge on any atom is 0.274 e. The smallest absolute Gasteiger partial charge is 0.274 e. The third-order valence-electron chi connectivity index (χ3n) is 3.15. The maximum atomic E-state index is 12.2. The van der Waals surface area contributed by atoms with Crippen LogP contribution in [-0.4, -0.2) is 48.8 Å². The van der Waals surface area contributed by atoms with Gasteiger partial charge in [0, 0.05) is 13.1 Å². The molecular formula is C11H14ClN3O3S. The van der Waals surface area contributed by atoms with Crippen LogP contribution in [0.4, 0.5) is 5.82 Å². The van der Waals surface area contributed by atoms with Gasteiger partial charge in [-0.1, -0.05) is 11.6 Å². The van der Waals surface area contributed by atoms with E-state index in [0.717, 1.165) is 0 Å². The molecule has 0 aromatic carbocycles. The van der Waals surface area contributed by atoms with Gasteiger partial charge in [0.05, 0.1) is 16.5 Å². The molecule has 8 heteroatoms. The Morgan fingerprint density at radius 2 is 2.21 bits per heavy atom. The van der Waals surface area contributed by atoms with E-state index in [2.05, 4.69) is 4.98 Å². The van der Waals surface area contributed by atoms with Crippen molar-refractivity contribution in [2.75, 3.05) is 24.3 Å². The lowest BCUT2D eigenvalue weighted by Crippen LogP contribution is -2.38. The molecule has 1 atom stereocenters. The van der Waals surface area contributed by atoms with Crippen molar-refractivity contribution in [2.45, 2.75) is 12.5 Å². The number of hydrogen-bond acceptors (Lipinski definition) is 5. The standard InChI is InChI=1S/C11H14ClN3O3S/c1-15(7-4-5-19(17,18)6-7)11(16)10-8(12)2-3-9(13)14-10/h2-3,7H,4-6H2,1H3,(H2,13,14). The molecule has 1 aromatic rings. The predicted molar refractivity (Wildman–Crippen MR) is 72.8 cm³/mol. The van der Waals surface area contributed by atoms with Gasteiger partial charge < -0.3 is 10.6 Å². The molecule has 0 saturated carbocycles. The van der Waals surface area contributed by atoms with Crippen LogP contribution >= 0.6 is 11.6 Å². The zero-order valence-electron chi connectivity index (χ0n) is 10.3. The summed E-state index contributed by atoms with van der Waals surface area (Å²) in [6, 6.07) is 2.66. The lowest BCUT2D eigenvalue weighted by Gasteiger charge is -2.23. The minimum absolute atomic E-state index is 0.0187. The summed E-state index contributed by atoms with van der Waals surface area (Å²) in [7, 11) is -1.50. The highest BCUT2D eigenvalue weighted by Crippen LogP contribution is 2.21. The number of nitrogens with zero attached hydrogens (tertiary/aromatic N) is 2. The molecule has 0 bridgehead atoms. The Labute approximate surface area is 116 Å². The second-order valence-corrected chi connectivity index (χ2v) is 7.18. The zero-order chi connectivity index (χ0) is 14.2. The normalized spacial score (nSPS) is 21.3. The van der Waals surface area contributed by atoms with Gasteiger partial charge in [-0.25, -0.2) is 13.4 Å². The molecule has 0 aliphatic carbocycles. The van der Waals surface area contributed by atoms with E-state index in [1.165, 1.54) is 17.0 Å². The lowest BCUT2D eigenvalue weighted by molar-refractivity contribution is 0.0742. The lowest BCUT2D eigenvalue weighted by atomic mass is 10.2. The van der Waals surface area contributed by atoms with E-state index >= 15 is 0 Å². The summed E-state index contributed by atoms with van der Waals surface area (Å²) in [5, 5.41) is 0.201. The van der Waals surface area contributed by atoms with Gasteiger partial charge in [-0.2, -0.15) is 0 Å². The number of amides is 1. The summed E-state index contributed by atoms with van der Waals surface area (Å²) in [5.41, 5.74) is 5.58. The summed E-state index contributed by atoms with van der Waals surface area (Å²) < 4.78 is 22.9. The number of nitrogens with two attached hydrogens (primary N) is 1. The van der Waals surface area contributed by atoms with E-state index in [1.807, 2.05) is 0 Å². The van der Waals surface area contributed by atoms with E-state index in [1.54, 1.807) is 7.05 Å². The molecule has 2 N–H and O–H groups in total. The Morgan fingerprint density at radius 1 is 1.53 bits per heavy atom. The zero-order valence-corrected chi connectivity index (χ0v) is 11.9. The SMILES string of the molecule is CN(C(=O)c1nc(N)ccc1Cl)C1CCS(=O)(=O)C1. The molecule has 0 radical (unpaired) electrons. The summed E-state index contributed by atoms with van der Waals surface area (Å²) in [5.74, 6) is -0.137. The predicted octanol–water partition coefficient (Wildman–Crippen LogP) is 0.576. The van der Waals surface area contributed by atoms with Crippen LogP contribution in [0.5, 0.6) is 0 Å². The molecule has 1 fully saturated rings. The van der Waals surface area contributed by atoms with Gasteiger partial charge in [0.1, 0.15) is 11.5 Å². The Morgan fingerprint density at radius 3 is 2.79 bits per heavy atom. The van der Waals surface area contributed by atoms with Crippen LogP contribution in [-0.2, 0) is 9.84 Å². The molecule has 2 heterocycles. The van der Waals surface area contributed by atoms with Gasteiger partial charge in [-0.15, -0.1) is 0 Å². The maximum absolute atomic E-state index is 12.2. The van der Waals surface area contributed by atoms with Crippen molar-refractivity contribution in [2.24, 2.45) is 0 Å². The van der Waals surface area contributed by atoms with E-state index in [-0.39, 0.29) is 34.1 Å². The van der Waals surface area contributed by atoms with Crippen molar-refractivity contribution in [1.29, 1.82) is 0 Å². The van der Waals surface area contributed by atoms with Gasteiger partial charge >= 0.3 is 0 Å². The molecule has 19 heavy (non-hydrogen) atoms. The van der Waals surface area contributed by atoms with E-state index < -0.39 is 15.7 Å². The molecular weight excluding hydrogens is 290 g/mol. The Bertz CT molecular complexity index is 618. The number of carbonyl (C=O) groups is 1. The van der Waals surface area contributed by atoms with Crippen LogP contribution in [0.15, 0.2) is 12.1 Å². The molecule has 1 saturated heterocycles. The van der Waals surface area contributed by atoms with E-state index in [9.17, 15) is 13.2 Å². The third kappa shape index (κ3) is 2.98. The van der Waals surface area contributed by atoms with Crippen LogP contribution in [0.25, 0.3) is 0 Å². The van der Waals surface area contributed by atoms with E-state index in [0.29, 0.717) is 6.42 Å². The number of aromatic nitrogens is 1. The minimum atomic E-state index is -3.05. The molecule has 1 aromatic heterocycles. The first-order valence-corrected chi connectivity index (χ1v) is 7.90. The molecule has 1 aliphatic heterocycles. The molecule has 2 rings (SSSR count). The minimum Gasteiger partial charge on any atom is -0.384 e. The first-order chi connectivity index (χ1) is 8.80. The number of carbonyl (C=O) groups excluding carboxylic acids is 1. The number of anilines is 1. The van der Waals surface area contributed by atoms with Crippen molar-refractivity contribution in [3.05, 3.63) is 22.8 Å². The molecule has 6 nitrogen and oxygen atoms in total. The average Bonchev–Trinajstić information content (AvgIpc) is 2.71. The largest absolute Gasteiger partial charge is 0.384 e. The topological polar surface area (TPSA) is 93.4 Å². The van der Waals surface area contributed by atoms with Crippen molar-refractivity contribution in [3.63, 3.8) is 0 Å². The van der Waals surface area contributed by atoms with Gasteiger partial charge in [0.25, 0.3) is 5.91 Å². The number of hydrogen-bond donors (Lipinski definition) is 1. The third-order valence-corrected chi connectivity index (χ3v) is 5.20. The van der Waals surface area contributed by atoms with Gasteiger partial charge in [-0.05, 0) is 18.6 Å². The number of sulfone groups is 1. The second kappa shape index (κ2) is 4.97. The fourth-order valence-corrected chi connectivity index (χ4v) is 3.98. The summed E-state index contributed by atoms with van der Waals surface area (Å²) >= 11 is 5.91. The Hall–Kier alpha value is -1.34. The highest BCUT2D eigenvalue weighted by Gasteiger charge is 2.33. The monoisotopic (exact) mass is 303 g/mol. The van der Waals surface area contributed by atoms with Gasteiger partial charge in [0.2, 0.25) is 0 Å². The fourth-order valence-electron chi connectivity index (χ4n) is 2.02. The van der Waals surface area contributed by atoms with Crippen molar-refractivity contribution in [3.8, 4) is 0 Å². The molecule has 1 aliphatic rings. The molecule has 0 spiro atoms. The first-order valence-electron chi connectivity index (χ1n) is 5.70. The number of nitrogen functional groups attached to an aromatic ring is 1. The Balaban J connectivity index is 2.22. The van der Waals surface area contributed by atoms with Crippen molar-refractivity contribution >= 4 is 33.2 Å². The quantitative estimate of drug-likeness (QED) is 0.862. The van der Waals surface area contributed by atoms with Crippen LogP contribution in [0, 0.1) is 0 Å². The molecule has 1 unspecified atom stereocenters. The molecule has 1 amide bonds. The van der Waals surface area contributed by atoms with Crippen molar-refractivity contribution < 1.29 is 13.2 Å². The highest BCUT2D eigenvalue weighted by atomic mass is 35.5. The van der Waals surface area contributed by atoms with Crippen LogP contribution < -0.4 is 5.73 Å². The first kappa shape index (κ1) is 14.1. The van der Waals surface area contributed by atoms with Gasteiger partial charge in [-0.3, -0.25) is 4.79 Å². The van der Waals surface area contributed by atoms with Crippen molar-refractivity contribution in [1.82, 2.24) is 9.88 Å². The summed E-state index contributed by atoms with van der Waals surface area (Å²) in [6.07, 6.45) is 0.435. The summed E-state index contributed by atoms with van der Waals surface area (Å²) in [4.78, 5) is 17.5. The summed E-state index contributed by atoms with van der Waals surface area (Å²) in [6.45, 7) is 0. The van der Waals surface area contributed by atoms with E-state index in [4.69, 9.17) is 17.3 Å². The fraction of sp³-hybridized carbons (Fsp3) is 0.455. The van der Waals surface area contributed by atoms with Crippen LogP contribution in [0.3, 0.4) is 0 Å². The number of halogens is 1. The average molecular weight is 304 g/mol. The second-order valence-electron chi connectivity index (χ2n) is 4.54. The van der Waals surface area contributed by atoms with Gasteiger partial charge in [0.15, 0.2) is 9.84 Å². The highest BCUT2D eigenvalue weighted by molar-refractivity contribution is 7.91. The number of pyridine rings is 1. The molecule has 104 valence electrons. The number of rotatable bonds is 2. The van der Waals surface area contributed by atoms with Crippen LogP contribution in [0.2, 0.25) is 5.02 Å².